The molecule has 3 nitrogen and oxygen atoms in total. The maximum absolute atomic E-state index is 11.6. The number of ether oxygens (including phenoxy) is 1. The predicted molar refractivity (Wildman–Crippen MR) is 69.5 cm³/mol. The molecule has 1 N–H and O–H groups in total. The Kier molecular flexibility index (Phi) is 5.23. The van der Waals surface area contributed by atoms with Crippen LogP contribution in [0.1, 0.15) is 19.4 Å². The number of hydrogen-bond donors (Lipinski definition) is 1. The van der Waals surface area contributed by atoms with E-state index in [1.807, 2.05) is 38.1 Å². The molecule has 0 fully saturated rings. The summed E-state index contributed by atoms with van der Waals surface area (Å²) in [4.78, 5) is 11.6. The molecule has 4 heteroatoms. The molecule has 1 aromatic rings. The standard InChI is InChI=1S/C13H19BO3/c1-9(2)12(13(15)17-3)8-10-4-6-11(14-16)7-5-10/h4-7,9,12,14,16H,8H2,1-3H3. The largest absolute Gasteiger partial charge is 0.469 e. The maximum Gasteiger partial charge on any atom is 0.309 e. The molecule has 17 heavy (non-hydrogen) atoms. The lowest BCUT2D eigenvalue weighted by atomic mass is 9.85. The first kappa shape index (κ1) is 13.8. The van der Waals surface area contributed by atoms with Crippen molar-refractivity contribution in [3.05, 3.63) is 29.8 Å². The van der Waals surface area contributed by atoms with Crippen molar-refractivity contribution in [1.82, 2.24) is 0 Å². The van der Waals surface area contributed by atoms with Crippen LogP contribution >= 0.6 is 0 Å². The summed E-state index contributed by atoms with van der Waals surface area (Å²) >= 11 is 0. The van der Waals surface area contributed by atoms with Gasteiger partial charge in [0.05, 0.1) is 13.0 Å². The normalized spacial score (nSPS) is 12.3. The van der Waals surface area contributed by atoms with Gasteiger partial charge in [-0.3, -0.25) is 4.79 Å². The first-order chi connectivity index (χ1) is 8.08. The second-order valence-corrected chi connectivity index (χ2v) is 4.55. The molecule has 0 aromatic heterocycles. The van der Waals surface area contributed by atoms with E-state index in [0.717, 1.165) is 11.0 Å². The molecule has 0 aliphatic carbocycles. The van der Waals surface area contributed by atoms with Gasteiger partial charge < -0.3 is 9.76 Å². The van der Waals surface area contributed by atoms with Crippen molar-refractivity contribution >= 4 is 18.9 Å². The topological polar surface area (TPSA) is 46.5 Å². The summed E-state index contributed by atoms with van der Waals surface area (Å²) in [5.74, 6) is -0.0221. The number of hydrogen-bond acceptors (Lipinski definition) is 3. The molecule has 0 saturated heterocycles. The van der Waals surface area contributed by atoms with Crippen LogP contribution in [-0.2, 0) is 16.0 Å². The average molecular weight is 234 g/mol. The van der Waals surface area contributed by atoms with E-state index in [-0.39, 0.29) is 25.3 Å². The molecule has 1 unspecified atom stereocenters. The van der Waals surface area contributed by atoms with Crippen LogP contribution in [0.3, 0.4) is 0 Å². The lowest BCUT2D eigenvalue weighted by Crippen LogP contribution is -2.24. The number of methoxy groups -OCH3 is 1. The second-order valence-electron chi connectivity index (χ2n) is 4.55. The highest BCUT2D eigenvalue weighted by Gasteiger charge is 2.23. The van der Waals surface area contributed by atoms with Gasteiger partial charge in [0.15, 0.2) is 0 Å². The fourth-order valence-electron chi connectivity index (χ4n) is 1.78. The van der Waals surface area contributed by atoms with E-state index >= 15 is 0 Å². The van der Waals surface area contributed by atoms with Crippen LogP contribution in [-0.4, -0.2) is 25.6 Å². The highest BCUT2D eigenvalue weighted by Crippen LogP contribution is 2.18. The minimum atomic E-state index is -0.161. The molecule has 0 radical (unpaired) electrons. The summed E-state index contributed by atoms with van der Waals surface area (Å²) in [7, 11) is 1.47. The number of rotatable bonds is 5. The fraction of sp³-hybridized carbons (Fsp3) is 0.462. The smallest absolute Gasteiger partial charge is 0.309 e. The summed E-state index contributed by atoms with van der Waals surface area (Å²) in [6.45, 7) is 4.04. The first-order valence-electron chi connectivity index (χ1n) is 5.85. The van der Waals surface area contributed by atoms with E-state index in [4.69, 9.17) is 9.76 Å². The first-order valence-corrected chi connectivity index (χ1v) is 5.85. The van der Waals surface area contributed by atoms with Crippen molar-refractivity contribution < 1.29 is 14.6 Å². The third kappa shape index (κ3) is 3.89. The van der Waals surface area contributed by atoms with Crippen LogP contribution in [0.4, 0.5) is 0 Å². The average Bonchev–Trinajstić information content (AvgIpc) is 2.35. The lowest BCUT2D eigenvalue weighted by Gasteiger charge is -2.18. The third-order valence-electron chi connectivity index (χ3n) is 2.97. The summed E-state index contributed by atoms with van der Waals surface area (Å²) in [6, 6.07) is 7.65. The van der Waals surface area contributed by atoms with Gasteiger partial charge in [-0.2, -0.15) is 0 Å². The molecule has 0 spiro atoms. The summed E-state index contributed by atoms with van der Waals surface area (Å²) in [5.41, 5.74) is 1.97. The van der Waals surface area contributed by atoms with Gasteiger partial charge >= 0.3 is 13.5 Å². The third-order valence-corrected chi connectivity index (χ3v) is 2.97. The zero-order valence-corrected chi connectivity index (χ0v) is 10.6. The second kappa shape index (κ2) is 6.45. The Morgan fingerprint density at radius 1 is 1.35 bits per heavy atom. The maximum atomic E-state index is 11.6. The fourth-order valence-corrected chi connectivity index (χ4v) is 1.78. The Hall–Kier alpha value is -1.29. The lowest BCUT2D eigenvalue weighted by molar-refractivity contribution is -0.146. The minimum Gasteiger partial charge on any atom is -0.469 e. The molecule has 0 saturated carbocycles. The van der Waals surface area contributed by atoms with Crippen LogP contribution < -0.4 is 5.46 Å². The molecule has 1 atom stereocenters. The number of carbonyl (C=O) groups excluding carboxylic acids is 1. The van der Waals surface area contributed by atoms with E-state index in [0.29, 0.717) is 6.42 Å². The number of carbonyl (C=O) groups is 1. The summed E-state index contributed by atoms with van der Waals surface area (Å²) < 4.78 is 4.81. The van der Waals surface area contributed by atoms with Gasteiger partial charge in [0.25, 0.3) is 0 Å². The van der Waals surface area contributed by atoms with Gasteiger partial charge in [0.1, 0.15) is 0 Å². The summed E-state index contributed by atoms with van der Waals surface area (Å²) in [6.07, 6.45) is 0.677. The Bertz CT molecular complexity index is 359. The van der Waals surface area contributed by atoms with Gasteiger partial charge in [-0.05, 0) is 17.9 Å². The van der Waals surface area contributed by atoms with Crippen molar-refractivity contribution in [2.75, 3.05) is 7.11 Å². The molecular formula is C13H19BO3. The zero-order chi connectivity index (χ0) is 12.8. The zero-order valence-electron chi connectivity index (χ0n) is 10.6. The molecular weight excluding hydrogens is 215 g/mol. The van der Waals surface area contributed by atoms with Gasteiger partial charge in [-0.1, -0.05) is 43.6 Å². The number of esters is 1. The van der Waals surface area contributed by atoms with Gasteiger partial charge in [0, 0.05) is 0 Å². The Morgan fingerprint density at radius 2 is 1.94 bits per heavy atom. The van der Waals surface area contributed by atoms with Crippen LogP contribution in [0, 0.1) is 11.8 Å². The molecule has 1 aromatic carbocycles. The van der Waals surface area contributed by atoms with Crippen LogP contribution in [0.5, 0.6) is 0 Å². The summed E-state index contributed by atoms with van der Waals surface area (Å²) in [5, 5.41) is 8.95. The Balaban J connectivity index is 2.75. The van der Waals surface area contributed by atoms with E-state index in [9.17, 15) is 4.79 Å². The van der Waals surface area contributed by atoms with E-state index in [1.54, 1.807) is 0 Å². The molecule has 0 aliphatic rings. The van der Waals surface area contributed by atoms with E-state index in [2.05, 4.69) is 0 Å². The van der Waals surface area contributed by atoms with Crippen LogP contribution in [0.15, 0.2) is 24.3 Å². The Labute approximate surface area is 103 Å². The van der Waals surface area contributed by atoms with Gasteiger partial charge in [-0.15, -0.1) is 0 Å². The molecule has 0 amide bonds. The SMILES string of the molecule is COC(=O)C(Cc1ccc(BO)cc1)C(C)C. The molecule has 0 bridgehead atoms. The van der Waals surface area contributed by atoms with Crippen LogP contribution in [0.2, 0.25) is 0 Å². The Morgan fingerprint density at radius 3 is 2.35 bits per heavy atom. The molecule has 92 valence electrons. The molecule has 0 aliphatic heterocycles. The van der Waals surface area contributed by atoms with Crippen molar-refractivity contribution in [2.45, 2.75) is 20.3 Å². The van der Waals surface area contributed by atoms with Crippen molar-refractivity contribution in [2.24, 2.45) is 11.8 Å². The van der Waals surface area contributed by atoms with Crippen molar-refractivity contribution in [3.8, 4) is 0 Å². The highest BCUT2D eigenvalue weighted by atomic mass is 16.5. The van der Waals surface area contributed by atoms with Gasteiger partial charge in [-0.25, -0.2) is 0 Å². The monoisotopic (exact) mass is 234 g/mol. The highest BCUT2D eigenvalue weighted by molar-refractivity contribution is 6.45. The van der Waals surface area contributed by atoms with Crippen LogP contribution in [0.25, 0.3) is 0 Å². The van der Waals surface area contributed by atoms with E-state index in [1.165, 1.54) is 7.11 Å². The van der Waals surface area contributed by atoms with Crippen molar-refractivity contribution in [1.29, 1.82) is 0 Å². The predicted octanol–water partition coefficient (Wildman–Crippen LogP) is 0.643. The minimum absolute atomic E-state index is 0.0465. The molecule has 0 heterocycles. The molecule has 1 rings (SSSR count). The quantitative estimate of drug-likeness (QED) is 0.600. The van der Waals surface area contributed by atoms with E-state index < -0.39 is 0 Å². The van der Waals surface area contributed by atoms with Gasteiger partial charge in [0.2, 0.25) is 0 Å². The number of benzene rings is 1. The van der Waals surface area contributed by atoms with Crippen molar-refractivity contribution in [3.63, 3.8) is 0 Å².